The molecule has 0 radical (unpaired) electrons. The molecule has 1 heterocycles. The first-order chi connectivity index (χ1) is 15.3. The quantitative estimate of drug-likeness (QED) is 0.588. The molecule has 164 valence electrons. The van der Waals surface area contributed by atoms with Gasteiger partial charge in [-0.3, -0.25) is 9.69 Å². The summed E-state index contributed by atoms with van der Waals surface area (Å²) in [4.78, 5) is 14.1. The molecule has 0 bridgehead atoms. The van der Waals surface area contributed by atoms with Crippen LogP contribution in [0.25, 0.3) is 0 Å². The number of hydrogen-bond donors (Lipinski definition) is 1. The number of amides is 1. The number of carbonyl (C=O) groups excluding carboxylic acids is 1. The van der Waals surface area contributed by atoms with Gasteiger partial charge in [-0.05, 0) is 55.8 Å². The Bertz CT molecular complexity index is 1260. The van der Waals surface area contributed by atoms with Crippen molar-refractivity contribution in [3.05, 3.63) is 101 Å². The summed E-state index contributed by atoms with van der Waals surface area (Å²) in [5.74, 6) is -0.905. The molecule has 1 atom stereocenters. The van der Waals surface area contributed by atoms with Gasteiger partial charge in [0.05, 0.1) is 11.5 Å². The van der Waals surface area contributed by atoms with Gasteiger partial charge in [0.1, 0.15) is 16.7 Å². The van der Waals surface area contributed by atoms with Crippen LogP contribution in [0.3, 0.4) is 0 Å². The summed E-state index contributed by atoms with van der Waals surface area (Å²) >= 11 is 0. The molecule has 0 aromatic heterocycles. The normalized spacial score (nSPS) is 16.5. The maximum atomic E-state index is 13.6. The Morgan fingerprint density at radius 3 is 2.16 bits per heavy atom. The number of para-hydroxylation sites is 1. The van der Waals surface area contributed by atoms with E-state index >= 15 is 0 Å². The van der Waals surface area contributed by atoms with E-state index in [1.807, 2.05) is 13.8 Å². The second-order valence-corrected chi connectivity index (χ2v) is 9.36. The molecule has 0 saturated carbocycles. The molecule has 3 aromatic rings. The third kappa shape index (κ3) is 3.76. The molecular weight excluding hydrogens is 426 g/mol. The van der Waals surface area contributed by atoms with Crippen LogP contribution in [-0.4, -0.2) is 26.0 Å². The number of aryl methyl sites for hydroxylation is 1. The van der Waals surface area contributed by atoms with Gasteiger partial charge in [-0.2, -0.15) is 0 Å². The molecule has 0 fully saturated rings. The highest BCUT2D eigenvalue weighted by Crippen LogP contribution is 2.45. The minimum absolute atomic E-state index is 0.0169. The van der Waals surface area contributed by atoms with Crippen LogP contribution in [0, 0.1) is 6.92 Å². The van der Waals surface area contributed by atoms with Crippen molar-refractivity contribution in [3.63, 3.8) is 0 Å². The predicted octanol–water partition coefficient (Wildman–Crippen LogP) is 4.73. The lowest BCUT2D eigenvalue weighted by Gasteiger charge is -2.27. The molecule has 0 spiro atoms. The number of hydrogen-bond acceptors (Lipinski definition) is 5. The molecule has 1 unspecified atom stereocenters. The molecule has 1 N–H and O–H groups in total. The summed E-state index contributed by atoms with van der Waals surface area (Å²) < 4.78 is 32.7. The van der Waals surface area contributed by atoms with Gasteiger partial charge in [0.15, 0.2) is 5.76 Å². The number of anilines is 1. The highest BCUT2D eigenvalue weighted by molar-refractivity contribution is 7.95. The Labute approximate surface area is 187 Å². The largest absolute Gasteiger partial charge is 0.502 e. The van der Waals surface area contributed by atoms with E-state index in [4.69, 9.17) is 4.74 Å². The summed E-state index contributed by atoms with van der Waals surface area (Å²) in [7, 11) is -4.16. The number of aliphatic hydroxyl groups excluding tert-OH is 1. The van der Waals surface area contributed by atoms with Gasteiger partial charge in [-0.1, -0.05) is 48.0 Å². The smallest absolute Gasteiger partial charge is 0.295 e. The predicted molar refractivity (Wildman–Crippen MR) is 122 cm³/mol. The van der Waals surface area contributed by atoms with Crippen LogP contribution in [-0.2, 0) is 14.6 Å². The van der Waals surface area contributed by atoms with E-state index < -0.39 is 27.5 Å². The number of benzene rings is 3. The van der Waals surface area contributed by atoms with E-state index in [9.17, 15) is 18.3 Å². The van der Waals surface area contributed by atoms with Crippen molar-refractivity contribution >= 4 is 21.4 Å². The molecular formula is C25H23NO5S. The molecule has 6 nitrogen and oxygen atoms in total. The summed E-state index contributed by atoms with van der Waals surface area (Å²) in [6.45, 7) is 4.21. The zero-order valence-corrected chi connectivity index (χ0v) is 18.5. The number of ether oxygens (including phenoxy) is 1. The third-order valence-electron chi connectivity index (χ3n) is 5.32. The highest BCUT2D eigenvalue weighted by atomic mass is 32.2. The average molecular weight is 450 g/mol. The van der Waals surface area contributed by atoms with Crippen molar-refractivity contribution in [1.29, 1.82) is 0 Å². The van der Waals surface area contributed by atoms with Gasteiger partial charge in [0, 0.05) is 5.69 Å². The first-order valence-electron chi connectivity index (χ1n) is 10.2. The zero-order chi connectivity index (χ0) is 22.9. The Kier molecular flexibility index (Phi) is 5.76. The zero-order valence-electron chi connectivity index (χ0n) is 17.7. The molecule has 1 aliphatic rings. The Morgan fingerprint density at radius 1 is 0.938 bits per heavy atom. The van der Waals surface area contributed by atoms with Crippen LogP contribution in [0.1, 0.15) is 24.1 Å². The fourth-order valence-electron chi connectivity index (χ4n) is 3.77. The maximum Gasteiger partial charge on any atom is 0.295 e. The first-order valence-corrected chi connectivity index (χ1v) is 11.7. The molecule has 0 saturated heterocycles. The summed E-state index contributed by atoms with van der Waals surface area (Å²) in [5.41, 5.74) is 1.93. The maximum absolute atomic E-state index is 13.6. The van der Waals surface area contributed by atoms with Crippen molar-refractivity contribution in [3.8, 4) is 5.75 Å². The van der Waals surface area contributed by atoms with E-state index in [0.717, 1.165) is 5.56 Å². The molecule has 3 aromatic carbocycles. The number of carbonyl (C=O) groups is 1. The lowest BCUT2D eigenvalue weighted by molar-refractivity contribution is -0.117. The van der Waals surface area contributed by atoms with Crippen LogP contribution in [0.15, 0.2) is 94.4 Å². The topological polar surface area (TPSA) is 83.9 Å². The van der Waals surface area contributed by atoms with Crippen LogP contribution in [0.4, 0.5) is 5.69 Å². The molecule has 0 aliphatic carbocycles. The molecule has 32 heavy (non-hydrogen) atoms. The molecule has 7 heteroatoms. The second kappa shape index (κ2) is 8.51. The van der Waals surface area contributed by atoms with Gasteiger partial charge in [-0.25, -0.2) is 8.42 Å². The van der Waals surface area contributed by atoms with Gasteiger partial charge >= 0.3 is 0 Å². The van der Waals surface area contributed by atoms with Crippen molar-refractivity contribution in [2.75, 3.05) is 11.5 Å². The van der Waals surface area contributed by atoms with Crippen LogP contribution < -0.4 is 9.64 Å². The Morgan fingerprint density at radius 2 is 1.56 bits per heavy atom. The van der Waals surface area contributed by atoms with Gasteiger partial charge in [0.25, 0.3) is 5.91 Å². The Hall–Kier alpha value is -3.58. The molecule has 4 rings (SSSR count). The van der Waals surface area contributed by atoms with E-state index in [0.29, 0.717) is 23.6 Å². The summed E-state index contributed by atoms with van der Waals surface area (Å²) in [6.07, 6.45) is 0. The number of rotatable bonds is 6. The number of aliphatic hydroxyl groups is 1. The van der Waals surface area contributed by atoms with E-state index in [1.165, 1.54) is 17.0 Å². The Balaban J connectivity index is 1.89. The fraction of sp³-hybridized carbons (Fsp3) is 0.160. The minimum atomic E-state index is -4.16. The van der Waals surface area contributed by atoms with E-state index in [-0.39, 0.29) is 9.80 Å². The molecule has 1 amide bonds. The number of sulfone groups is 1. The van der Waals surface area contributed by atoms with Crippen LogP contribution in [0.5, 0.6) is 5.75 Å². The van der Waals surface area contributed by atoms with Crippen molar-refractivity contribution < 1.29 is 23.1 Å². The van der Waals surface area contributed by atoms with Crippen molar-refractivity contribution in [1.82, 2.24) is 0 Å². The summed E-state index contributed by atoms with van der Waals surface area (Å²) in [5, 5.41) is 10.8. The van der Waals surface area contributed by atoms with Gasteiger partial charge in [-0.15, -0.1) is 0 Å². The standard InChI is InChI=1S/C25H23NO5S/c1-3-31-20-13-11-18(12-14-20)22-24(32(29,30)21-15-9-17(2)10-16-21)23(27)25(28)26(22)19-7-5-4-6-8-19/h4-16,22,27H,3H2,1-2H3. The van der Waals surface area contributed by atoms with Crippen molar-refractivity contribution in [2.24, 2.45) is 0 Å². The lowest BCUT2D eigenvalue weighted by atomic mass is 10.1. The monoisotopic (exact) mass is 449 g/mol. The number of nitrogens with zero attached hydrogens (tertiary/aromatic N) is 1. The third-order valence-corrected chi connectivity index (χ3v) is 7.21. The lowest BCUT2D eigenvalue weighted by Crippen LogP contribution is -2.31. The minimum Gasteiger partial charge on any atom is -0.502 e. The van der Waals surface area contributed by atoms with Crippen LogP contribution >= 0.6 is 0 Å². The second-order valence-electron chi connectivity index (χ2n) is 7.44. The fourth-order valence-corrected chi connectivity index (χ4v) is 5.40. The highest BCUT2D eigenvalue weighted by Gasteiger charge is 2.47. The van der Waals surface area contributed by atoms with E-state index in [2.05, 4.69) is 0 Å². The first kappa shape index (κ1) is 21.6. The summed E-state index contributed by atoms with van der Waals surface area (Å²) in [6, 6.07) is 20.9. The van der Waals surface area contributed by atoms with E-state index in [1.54, 1.807) is 66.7 Å². The SMILES string of the molecule is CCOc1ccc(C2C(S(=O)(=O)c3ccc(C)cc3)=C(O)C(=O)N2c2ccccc2)cc1. The van der Waals surface area contributed by atoms with Gasteiger partial charge < -0.3 is 9.84 Å². The van der Waals surface area contributed by atoms with Crippen LogP contribution in [0.2, 0.25) is 0 Å². The van der Waals surface area contributed by atoms with Crippen molar-refractivity contribution in [2.45, 2.75) is 24.8 Å². The van der Waals surface area contributed by atoms with Gasteiger partial charge in [0.2, 0.25) is 9.84 Å². The average Bonchev–Trinajstić information content (AvgIpc) is 3.06. The molecule has 1 aliphatic heterocycles.